The second-order valence-corrected chi connectivity index (χ2v) is 2.62. The summed E-state index contributed by atoms with van der Waals surface area (Å²) in [5.41, 5.74) is 4.85. The summed E-state index contributed by atoms with van der Waals surface area (Å²) in [5, 5.41) is -0.255. The van der Waals surface area contributed by atoms with Gasteiger partial charge in [-0.05, 0) is 0 Å². The Kier molecular flexibility index (Phi) is 2.87. The average molecular weight is 209 g/mol. The Balaban J connectivity index is 3.23. The van der Waals surface area contributed by atoms with E-state index in [0.29, 0.717) is 0 Å². The molecule has 6 heteroatoms. The fourth-order valence-corrected chi connectivity index (χ4v) is 1.04. The maximum atomic E-state index is 12.2. The van der Waals surface area contributed by atoms with Crippen LogP contribution in [0.5, 0.6) is 5.75 Å². The van der Waals surface area contributed by atoms with Gasteiger partial charge in [0.2, 0.25) is 0 Å². The highest BCUT2D eigenvalue weighted by Gasteiger charge is 2.18. The quantitative estimate of drug-likeness (QED) is 0.811. The van der Waals surface area contributed by atoms with Crippen LogP contribution in [0.3, 0.4) is 0 Å². The third-order valence-corrected chi connectivity index (χ3v) is 1.87. The van der Waals surface area contributed by atoms with Gasteiger partial charge in [-0.15, -0.1) is 0 Å². The molecule has 1 rings (SSSR count). The van der Waals surface area contributed by atoms with E-state index in [1.165, 1.54) is 7.11 Å². The van der Waals surface area contributed by atoms with Gasteiger partial charge >= 0.3 is 0 Å². The van der Waals surface area contributed by atoms with E-state index >= 15 is 0 Å². The van der Waals surface area contributed by atoms with Gasteiger partial charge in [0, 0.05) is 0 Å². The normalized spacial score (nSPS) is 10.5. The molecule has 0 bridgehead atoms. The van der Waals surface area contributed by atoms with Crippen LogP contribution in [0.25, 0.3) is 0 Å². The molecule has 1 aromatic rings. The number of nitrogens with two attached hydrogens (primary N) is 1. The Morgan fingerprint density at radius 1 is 1.62 bits per heavy atom. The number of methoxy groups -OCH3 is 1. The number of halogens is 3. The SMILES string of the molecule is COc1cnc(C(F)F)c(Cl)c1N. The molecule has 0 unspecified atom stereocenters. The van der Waals surface area contributed by atoms with Crippen LogP contribution in [0.15, 0.2) is 6.20 Å². The number of anilines is 1. The van der Waals surface area contributed by atoms with Crippen molar-refractivity contribution in [3.05, 3.63) is 16.9 Å². The molecule has 0 saturated heterocycles. The van der Waals surface area contributed by atoms with E-state index < -0.39 is 12.1 Å². The van der Waals surface area contributed by atoms with Gasteiger partial charge in [0.05, 0.1) is 24.0 Å². The first-order chi connectivity index (χ1) is 6.07. The lowest BCUT2D eigenvalue weighted by Gasteiger charge is -2.08. The summed E-state index contributed by atoms with van der Waals surface area (Å²) in [4.78, 5) is 3.42. The molecular weight excluding hydrogens is 202 g/mol. The molecule has 0 fully saturated rings. The van der Waals surface area contributed by atoms with Crippen molar-refractivity contribution >= 4 is 17.3 Å². The van der Waals surface area contributed by atoms with Crippen LogP contribution in [0, 0.1) is 0 Å². The second kappa shape index (κ2) is 3.74. The van der Waals surface area contributed by atoms with E-state index in [9.17, 15) is 8.78 Å². The standard InChI is InChI=1S/C7H7ClF2N2O/c1-13-3-2-12-6(7(9)10)4(8)5(3)11/h2,7H,1H3,(H2,11,12). The number of rotatable bonds is 2. The van der Waals surface area contributed by atoms with Crippen LogP contribution >= 0.6 is 11.6 Å². The Bertz CT molecular complexity index is 320. The molecule has 1 heterocycles. The maximum absolute atomic E-state index is 12.2. The van der Waals surface area contributed by atoms with Crippen molar-refractivity contribution in [1.82, 2.24) is 4.98 Å². The number of nitrogen functional groups attached to an aromatic ring is 1. The number of aromatic nitrogens is 1. The Labute approximate surface area is 78.5 Å². The molecule has 0 saturated carbocycles. The molecule has 2 N–H and O–H groups in total. The topological polar surface area (TPSA) is 48.1 Å². The van der Waals surface area contributed by atoms with Crippen molar-refractivity contribution in [1.29, 1.82) is 0 Å². The minimum absolute atomic E-state index is 0.0190. The van der Waals surface area contributed by atoms with Crippen molar-refractivity contribution < 1.29 is 13.5 Å². The van der Waals surface area contributed by atoms with Crippen LogP contribution in [0.2, 0.25) is 5.02 Å². The Morgan fingerprint density at radius 3 is 2.69 bits per heavy atom. The smallest absolute Gasteiger partial charge is 0.281 e. The van der Waals surface area contributed by atoms with Crippen LogP contribution in [-0.4, -0.2) is 12.1 Å². The van der Waals surface area contributed by atoms with E-state index in [1.807, 2.05) is 0 Å². The second-order valence-electron chi connectivity index (χ2n) is 2.24. The van der Waals surface area contributed by atoms with E-state index in [0.717, 1.165) is 6.20 Å². The lowest BCUT2D eigenvalue weighted by Crippen LogP contribution is -1.99. The first kappa shape index (κ1) is 9.98. The number of pyridine rings is 1. The minimum Gasteiger partial charge on any atom is -0.493 e. The molecule has 72 valence electrons. The summed E-state index contributed by atoms with van der Waals surface area (Å²) < 4.78 is 29.1. The summed E-state index contributed by atoms with van der Waals surface area (Å²) in [6, 6.07) is 0. The van der Waals surface area contributed by atoms with Crippen molar-refractivity contribution in [3.8, 4) is 5.75 Å². The lowest BCUT2D eigenvalue weighted by molar-refractivity contribution is 0.146. The van der Waals surface area contributed by atoms with Gasteiger partial charge < -0.3 is 10.5 Å². The fraction of sp³-hybridized carbons (Fsp3) is 0.286. The molecule has 0 radical (unpaired) electrons. The highest BCUT2D eigenvalue weighted by molar-refractivity contribution is 6.34. The number of alkyl halides is 2. The number of hydrogen-bond donors (Lipinski definition) is 1. The third kappa shape index (κ3) is 1.80. The predicted molar refractivity (Wildman–Crippen MR) is 45.2 cm³/mol. The van der Waals surface area contributed by atoms with E-state index in [4.69, 9.17) is 22.1 Å². The zero-order chi connectivity index (χ0) is 10.0. The van der Waals surface area contributed by atoms with Crippen molar-refractivity contribution in [2.45, 2.75) is 6.43 Å². The number of hydrogen-bond acceptors (Lipinski definition) is 3. The van der Waals surface area contributed by atoms with Gasteiger partial charge in [-0.25, -0.2) is 13.8 Å². The maximum Gasteiger partial charge on any atom is 0.281 e. The fourth-order valence-electron chi connectivity index (χ4n) is 0.815. The largest absolute Gasteiger partial charge is 0.493 e. The monoisotopic (exact) mass is 208 g/mol. The Hall–Kier alpha value is -1.10. The Morgan fingerprint density at radius 2 is 2.23 bits per heavy atom. The molecule has 0 aliphatic heterocycles. The molecule has 0 spiro atoms. The summed E-state index contributed by atoms with van der Waals surface area (Å²) in [5.74, 6) is 0.189. The molecule has 0 aliphatic rings. The first-order valence-corrected chi connectivity index (χ1v) is 3.71. The van der Waals surface area contributed by atoms with E-state index in [-0.39, 0.29) is 16.5 Å². The van der Waals surface area contributed by atoms with Crippen LogP contribution in [-0.2, 0) is 0 Å². The zero-order valence-electron chi connectivity index (χ0n) is 6.72. The minimum atomic E-state index is -2.74. The first-order valence-electron chi connectivity index (χ1n) is 3.34. The van der Waals surface area contributed by atoms with Gasteiger partial charge in [-0.1, -0.05) is 11.6 Å². The third-order valence-electron chi connectivity index (χ3n) is 1.47. The van der Waals surface area contributed by atoms with Crippen molar-refractivity contribution in [3.63, 3.8) is 0 Å². The van der Waals surface area contributed by atoms with Crippen LogP contribution in [0.4, 0.5) is 14.5 Å². The van der Waals surface area contributed by atoms with Gasteiger partial charge in [0.15, 0.2) is 5.75 Å². The van der Waals surface area contributed by atoms with Crippen molar-refractivity contribution in [2.75, 3.05) is 12.8 Å². The summed E-state index contributed by atoms with van der Waals surface area (Å²) in [6.45, 7) is 0. The molecule has 0 atom stereocenters. The zero-order valence-corrected chi connectivity index (χ0v) is 7.48. The molecule has 1 aromatic heterocycles. The van der Waals surface area contributed by atoms with Crippen molar-refractivity contribution in [2.24, 2.45) is 0 Å². The van der Waals surface area contributed by atoms with Crippen LogP contribution < -0.4 is 10.5 Å². The van der Waals surface area contributed by atoms with E-state index in [2.05, 4.69) is 4.98 Å². The highest BCUT2D eigenvalue weighted by Crippen LogP contribution is 2.34. The average Bonchev–Trinajstić information content (AvgIpc) is 2.09. The highest BCUT2D eigenvalue weighted by atomic mass is 35.5. The summed E-state index contributed by atoms with van der Waals surface area (Å²) in [7, 11) is 1.35. The molecular formula is C7H7ClF2N2O. The van der Waals surface area contributed by atoms with Gasteiger partial charge in [-0.2, -0.15) is 0 Å². The van der Waals surface area contributed by atoms with Gasteiger partial charge in [0.1, 0.15) is 5.69 Å². The van der Waals surface area contributed by atoms with Gasteiger partial charge in [-0.3, -0.25) is 0 Å². The summed E-state index contributed by atoms with van der Waals surface area (Å²) in [6.07, 6.45) is -1.62. The van der Waals surface area contributed by atoms with E-state index in [1.54, 1.807) is 0 Å². The molecule has 13 heavy (non-hydrogen) atoms. The molecule has 0 amide bonds. The summed E-state index contributed by atoms with van der Waals surface area (Å²) >= 11 is 5.52. The lowest BCUT2D eigenvalue weighted by atomic mass is 10.3. The molecule has 3 nitrogen and oxygen atoms in total. The molecule has 0 aliphatic carbocycles. The van der Waals surface area contributed by atoms with Gasteiger partial charge in [0.25, 0.3) is 6.43 Å². The molecule has 0 aromatic carbocycles. The van der Waals surface area contributed by atoms with Crippen LogP contribution in [0.1, 0.15) is 12.1 Å². The predicted octanol–water partition coefficient (Wildman–Crippen LogP) is 2.26. The number of nitrogens with zero attached hydrogens (tertiary/aromatic N) is 1. The number of ether oxygens (including phenoxy) is 1.